The molecule has 1 rings (SSSR count). The zero-order valence-corrected chi connectivity index (χ0v) is 12.5. The molecule has 1 aliphatic rings. The van der Waals surface area contributed by atoms with Gasteiger partial charge in [-0.2, -0.15) is 0 Å². The maximum absolute atomic E-state index is 11.8. The first-order valence-corrected chi connectivity index (χ1v) is 6.72. The summed E-state index contributed by atoms with van der Waals surface area (Å²) >= 11 is 0. The molecule has 18 heavy (non-hydrogen) atoms. The van der Waals surface area contributed by atoms with Crippen LogP contribution in [0.3, 0.4) is 0 Å². The smallest absolute Gasteiger partial charge is 0.249 e. The van der Waals surface area contributed by atoms with Crippen molar-refractivity contribution in [1.82, 2.24) is 10.6 Å². The van der Waals surface area contributed by atoms with Crippen molar-refractivity contribution >= 4 is 18.3 Å². The molecule has 1 heterocycles. The molecule has 0 aromatic carbocycles. The molecule has 5 heteroatoms. The molecule has 1 amide bonds. The van der Waals surface area contributed by atoms with Crippen molar-refractivity contribution in [2.45, 2.75) is 52.2 Å². The Bertz CT molecular complexity index is 231. The van der Waals surface area contributed by atoms with Gasteiger partial charge in [0.05, 0.1) is 0 Å². The Hall–Kier alpha value is -0.320. The minimum absolute atomic E-state index is 0. The summed E-state index contributed by atoms with van der Waals surface area (Å²) in [4.78, 5) is 11.8. The van der Waals surface area contributed by atoms with Crippen molar-refractivity contribution in [2.75, 3.05) is 19.7 Å². The maximum atomic E-state index is 11.8. The third-order valence-corrected chi connectivity index (χ3v) is 3.12. The Morgan fingerprint density at radius 1 is 1.33 bits per heavy atom. The molecular formula is C13H27ClN2O2. The number of carbonyl (C=O) groups excluding carboxylic acids is 1. The Morgan fingerprint density at radius 2 is 1.94 bits per heavy atom. The number of halogens is 1. The molecule has 0 aromatic heterocycles. The molecule has 1 aliphatic heterocycles. The van der Waals surface area contributed by atoms with E-state index in [4.69, 9.17) is 4.74 Å². The number of rotatable bonds is 6. The van der Waals surface area contributed by atoms with Crippen LogP contribution >= 0.6 is 12.4 Å². The minimum Gasteiger partial charge on any atom is -0.369 e. The van der Waals surface area contributed by atoms with Crippen molar-refractivity contribution in [3.05, 3.63) is 0 Å². The van der Waals surface area contributed by atoms with Gasteiger partial charge in [-0.15, -0.1) is 12.4 Å². The third kappa shape index (κ3) is 7.19. The van der Waals surface area contributed by atoms with Crippen LogP contribution in [0.25, 0.3) is 0 Å². The van der Waals surface area contributed by atoms with Crippen LogP contribution in [-0.2, 0) is 9.53 Å². The predicted octanol–water partition coefficient (Wildman–Crippen LogP) is 1.73. The molecule has 1 saturated heterocycles. The van der Waals surface area contributed by atoms with Crippen LogP contribution < -0.4 is 10.6 Å². The number of piperidine rings is 1. The molecular weight excluding hydrogens is 252 g/mol. The lowest BCUT2D eigenvalue weighted by molar-refractivity contribution is -0.132. The largest absolute Gasteiger partial charge is 0.369 e. The highest BCUT2D eigenvalue weighted by atomic mass is 35.5. The van der Waals surface area contributed by atoms with Gasteiger partial charge in [-0.25, -0.2) is 0 Å². The summed E-state index contributed by atoms with van der Waals surface area (Å²) in [5.41, 5.74) is 0. The van der Waals surface area contributed by atoms with Gasteiger partial charge in [0.2, 0.25) is 5.91 Å². The van der Waals surface area contributed by atoms with Crippen LogP contribution in [0.2, 0.25) is 0 Å². The van der Waals surface area contributed by atoms with Gasteiger partial charge in [-0.3, -0.25) is 4.79 Å². The number of amides is 1. The first-order chi connectivity index (χ1) is 8.09. The van der Waals surface area contributed by atoms with Gasteiger partial charge >= 0.3 is 0 Å². The zero-order chi connectivity index (χ0) is 12.7. The van der Waals surface area contributed by atoms with Crippen molar-refractivity contribution < 1.29 is 9.53 Å². The van der Waals surface area contributed by atoms with E-state index in [1.54, 1.807) is 0 Å². The van der Waals surface area contributed by atoms with E-state index in [0.717, 1.165) is 32.4 Å². The topological polar surface area (TPSA) is 50.4 Å². The average molecular weight is 279 g/mol. The highest BCUT2D eigenvalue weighted by Gasteiger charge is 2.19. The lowest BCUT2D eigenvalue weighted by Gasteiger charge is -2.25. The summed E-state index contributed by atoms with van der Waals surface area (Å²) < 4.78 is 5.53. The Kier molecular flexibility index (Phi) is 9.42. The number of nitrogens with one attached hydrogen (secondary N) is 2. The van der Waals surface area contributed by atoms with Crippen LogP contribution in [0, 0.1) is 5.92 Å². The first-order valence-electron chi connectivity index (χ1n) is 6.72. The molecule has 1 fully saturated rings. The van der Waals surface area contributed by atoms with Gasteiger partial charge in [-0.1, -0.05) is 13.8 Å². The fourth-order valence-corrected chi connectivity index (χ4v) is 1.84. The van der Waals surface area contributed by atoms with E-state index in [9.17, 15) is 4.79 Å². The molecule has 2 N–H and O–H groups in total. The fraction of sp³-hybridized carbons (Fsp3) is 0.923. The van der Waals surface area contributed by atoms with Gasteiger partial charge in [0.15, 0.2) is 0 Å². The second kappa shape index (κ2) is 9.59. The number of hydrogen-bond acceptors (Lipinski definition) is 3. The molecule has 1 atom stereocenters. The number of hydrogen-bond donors (Lipinski definition) is 2. The van der Waals surface area contributed by atoms with Gasteiger partial charge in [0.25, 0.3) is 0 Å². The molecule has 0 bridgehead atoms. The van der Waals surface area contributed by atoms with Crippen LogP contribution in [0.5, 0.6) is 0 Å². The van der Waals surface area contributed by atoms with E-state index in [-0.39, 0.29) is 24.4 Å². The second-order valence-electron chi connectivity index (χ2n) is 5.23. The number of ether oxygens (including phenoxy) is 1. The summed E-state index contributed by atoms with van der Waals surface area (Å²) in [6, 6.07) is 0.319. The molecule has 108 valence electrons. The normalized spacial score (nSPS) is 18.2. The highest BCUT2D eigenvalue weighted by molar-refractivity contribution is 5.85. The second-order valence-corrected chi connectivity index (χ2v) is 5.23. The lowest BCUT2D eigenvalue weighted by Crippen LogP contribution is -2.46. The molecule has 0 spiro atoms. The molecule has 1 unspecified atom stereocenters. The average Bonchev–Trinajstić information content (AvgIpc) is 2.29. The summed E-state index contributed by atoms with van der Waals surface area (Å²) in [5, 5.41) is 6.33. The highest BCUT2D eigenvalue weighted by Crippen LogP contribution is 2.05. The summed E-state index contributed by atoms with van der Waals surface area (Å²) in [7, 11) is 0. The lowest BCUT2D eigenvalue weighted by atomic mass is 10.1. The maximum Gasteiger partial charge on any atom is 0.249 e. The SMILES string of the molecule is CC(C)CCOC(C)C(=O)NC1CCNCC1.Cl. The zero-order valence-electron chi connectivity index (χ0n) is 11.7. The van der Waals surface area contributed by atoms with E-state index in [1.807, 2.05) is 6.92 Å². The van der Waals surface area contributed by atoms with Crippen molar-refractivity contribution in [1.29, 1.82) is 0 Å². The van der Waals surface area contributed by atoms with Crippen LogP contribution in [0.15, 0.2) is 0 Å². The van der Waals surface area contributed by atoms with E-state index >= 15 is 0 Å². The monoisotopic (exact) mass is 278 g/mol. The van der Waals surface area contributed by atoms with Crippen molar-refractivity contribution in [2.24, 2.45) is 5.92 Å². The van der Waals surface area contributed by atoms with Crippen LogP contribution in [-0.4, -0.2) is 37.7 Å². The Labute approximate surface area is 117 Å². The molecule has 0 aromatic rings. The summed E-state index contributed by atoms with van der Waals surface area (Å²) in [6.07, 6.45) is 2.71. The Morgan fingerprint density at radius 3 is 2.50 bits per heavy atom. The van der Waals surface area contributed by atoms with E-state index in [1.165, 1.54) is 0 Å². The quantitative estimate of drug-likeness (QED) is 0.778. The number of carbonyl (C=O) groups is 1. The molecule has 0 aliphatic carbocycles. The van der Waals surface area contributed by atoms with Gasteiger partial charge in [-0.05, 0) is 45.2 Å². The van der Waals surface area contributed by atoms with E-state index in [2.05, 4.69) is 24.5 Å². The fourth-order valence-electron chi connectivity index (χ4n) is 1.84. The summed E-state index contributed by atoms with van der Waals surface area (Å²) in [5.74, 6) is 0.648. The molecule has 0 radical (unpaired) electrons. The third-order valence-electron chi connectivity index (χ3n) is 3.12. The van der Waals surface area contributed by atoms with Crippen LogP contribution in [0.1, 0.15) is 40.0 Å². The molecule has 0 saturated carbocycles. The minimum atomic E-state index is -0.330. The van der Waals surface area contributed by atoms with E-state index < -0.39 is 0 Å². The van der Waals surface area contributed by atoms with Crippen molar-refractivity contribution in [3.63, 3.8) is 0 Å². The van der Waals surface area contributed by atoms with Gasteiger partial charge in [0.1, 0.15) is 6.10 Å². The van der Waals surface area contributed by atoms with Crippen LogP contribution in [0.4, 0.5) is 0 Å². The van der Waals surface area contributed by atoms with E-state index in [0.29, 0.717) is 18.6 Å². The summed E-state index contributed by atoms with van der Waals surface area (Å²) in [6.45, 7) is 8.79. The predicted molar refractivity (Wildman–Crippen MR) is 76.2 cm³/mol. The first kappa shape index (κ1) is 17.7. The van der Waals surface area contributed by atoms with Gasteiger partial charge < -0.3 is 15.4 Å². The Balaban J connectivity index is 0.00000289. The molecule has 4 nitrogen and oxygen atoms in total. The van der Waals surface area contributed by atoms with Crippen molar-refractivity contribution in [3.8, 4) is 0 Å². The standard InChI is InChI=1S/C13H26N2O2.ClH/c1-10(2)6-9-17-11(3)13(16)15-12-4-7-14-8-5-12;/h10-12,14H,4-9H2,1-3H3,(H,15,16);1H. The van der Waals surface area contributed by atoms with Gasteiger partial charge in [0, 0.05) is 12.6 Å².